The van der Waals surface area contributed by atoms with Crippen LogP contribution in [-0.4, -0.2) is 17.7 Å². The summed E-state index contributed by atoms with van der Waals surface area (Å²) in [6, 6.07) is 24.9. The highest BCUT2D eigenvalue weighted by atomic mass is 16.5. The molecule has 0 saturated carbocycles. The Hall–Kier alpha value is -4.06. The van der Waals surface area contributed by atoms with Gasteiger partial charge in [0.15, 0.2) is 0 Å². The van der Waals surface area contributed by atoms with Gasteiger partial charge in [-0.25, -0.2) is 4.79 Å². The lowest BCUT2D eigenvalue weighted by Gasteiger charge is -2.10. The number of nitrogens with zero attached hydrogens (tertiary/aromatic N) is 1. The van der Waals surface area contributed by atoms with Gasteiger partial charge in [-0.15, -0.1) is 0 Å². The molecule has 6 nitrogen and oxygen atoms in total. The second-order valence-electron chi connectivity index (χ2n) is 6.97. The topological polar surface area (TPSA) is 94.2 Å². The van der Waals surface area contributed by atoms with Crippen LogP contribution in [-0.2, 0) is 11.8 Å². The highest BCUT2D eigenvalue weighted by Gasteiger charge is 2.23. The van der Waals surface area contributed by atoms with Crippen molar-refractivity contribution in [2.45, 2.75) is 13.3 Å². The van der Waals surface area contributed by atoms with Gasteiger partial charge in [-0.3, -0.25) is 4.79 Å². The number of fused-ring (bicyclic) bond motifs is 2. The molecule has 0 radical (unpaired) electrons. The molecular formula is C25H22N2O4. The Balaban J connectivity index is 0.000000339. The van der Waals surface area contributed by atoms with E-state index in [4.69, 9.17) is 10.1 Å². The molecule has 0 spiro atoms. The average molecular weight is 414 g/mol. The summed E-state index contributed by atoms with van der Waals surface area (Å²) in [6.07, 6.45) is -0.250. The second kappa shape index (κ2) is 9.63. The molecule has 1 heterocycles. The number of hydrogen-bond donors (Lipinski definition) is 1. The van der Waals surface area contributed by atoms with Crippen LogP contribution in [0, 0.1) is 5.41 Å². The zero-order chi connectivity index (χ0) is 22.4. The number of para-hydroxylation sites is 3. The molecule has 0 amide bonds. The van der Waals surface area contributed by atoms with E-state index in [0.717, 1.165) is 21.8 Å². The van der Waals surface area contributed by atoms with Gasteiger partial charge in [-0.05, 0) is 37.1 Å². The third-order valence-electron chi connectivity index (χ3n) is 4.64. The molecule has 0 unspecified atom stereocenters. The van der Waals surface area contributed by atoms with E-state index >= 15 is 0 Å². The summed E-state index contributed by atoms with van der Waals surface area (Å²) in [4.78, 5) is 22.8. The number of ether oxygens (including phenoxy) is 1. The van der Waals surface area contributed by atoms with Crippen LogP contribution in [0.2, 0.25) is 0 Å². The van der Waals surface area contributed by atoms with Crippen LogP contribution in [0.3, 0.4) is 0 Å². The normalized spacial score (nSPS) is 10.3. The molecular weight excluding hydrogens is 392 g/mol. The Kier molecular flexibility index (Phi) is 6.72. The van der Waals surface area contributed by atoms with Gasteiger partial charge >= 0.3 is 5.97 Å². The van der Waals surface area contributed by atoms with Gasteiger partial charge in [0.2, 0.25) is 11.0 Å². The van der Waals surface area contributed by atoms with E-state index in [2.05, 4.69) is 4.57 Å². The molecule has 156 valence electrons. The molecule has 6 heteroatoms. The van der Waals surface area contributed by atoms with Crippen molar-refractivity contribution in [2.75, 3.05) is 0 Å². The Labute approximate surface area is 179 Å². The summed E-state index contributed by atoms with van der Waals surface area (Å²) < 4.78 is 7.71. The first kappa shape index (κ1) is 21.6. The lowest BCUT2D eigenvalue weighted by atomic mass is 10.0. The molecule has 4 aromatic rings. The quantitative estimate of drug-likeness (QED) is 0.138. The lowest BCUT2D eigenvalue weighted by Crippen LogP contribution is -2.31. The molecule has 0 atom stereocenters. The number of ketones is 1. The molecule has 0 saturated heterocycles. The van der Waals surface area contributed by atoms with E-state index in [1.54, 1.807) is 12.1 Å². The van der Waals surface area contributed by atoms with E-state index in [1.165, 1.54) is 6.92 Å². The molecule has 0 aliphatic heterocycles. The summed E-state index contributed by atoms with van der Waals surface area (Å²) in [7, 11) is 2.01. The fourth-order valence-corrected chi connectivity index (χ4v) is 3.32. The number of aromatic nitrogens is 1. The fourth-order valence-electron chi connectivity index (χ4n) is 3.32. The standard InChI is InChI=1S/C21H16NO2.C4H7NO2/c1-22-18-13-7-5-11-16(18)20(17-12-6-8-14-19(17)22)21(23)24-15-9-3-2-4-10-15;1-3(6)2-4(5)7/h2-14H,1H3;2H2,1H3,(H2,5,7)/q+1;/p-1. The smallest absolute Gasteiger partial charge is 0.345 e. The molecule has 1 N–H and O–H groups in total. The largest absolute Gasteiger partial charge is 0.862 e. The predicted molar refractivity (Wildman–Crippen MR) is 117 cm³/mol. The Morgan fingerprint density at radius 3 is 1.81 bits per heavy atom. The minimum Gasteiger partial charge on any atom is -0.862 e. The maximum Gasteiger partial charge on any atom is 0.345 e. The van der Waals surface area contributed by atoms with Crippen LogP contribution in [0.15, 0.2) is 78.9 Å². The van der Waals surface area contributed by atoms with Gasteiger partial charge < -0.3 is 15.3 Å². The molecule has 1 aromatic heterocycles. The van der Waals surface area contributed by atoms with Crippen LogP contribution < -0.4 is 14.4 Å². The van der Waals surface area contributed by atoms with Gasteiger partial charge in [0, 0.05) is 18.6 Å². The maximum absolute atomic E-state index is 12.9. The highest BCUT2D eigenvalue weighted by molar-refractivity contribution is 6.13. The van der Waals surface area contributed by atoms with Crippen molar-refractivity contribution in [3.05, 3.63) is 84.4 Å². The Morgan fingerprint density at radius 2 is 1.35 bits per heavy atom. The van der Waals surface area contributed by atoms with E-state index in [1.807, 2.05) is 73.8 Å². The number of benzene rings is 3. The van der Waals surface area contributed by atoms with Crippen LogP contribution in [0.4, 0.5) is 0 Å². The molecule has 31 heavy (non-hydrogen) atoms. The monoisotopic (exact) mass is 414 g/mol. The summed E-state index contributed by atoms with van der Waals surface area (Å²) in [6.45, 7) is 1.28. The number of esters is 1. The molecule has 0 fully saturated rings. The summed E-state index contributed by atoms with van der Waals surface area (Å²) >= 11 is 0. The number of nitrogens with one attached hydrogen (secondary N) is 1. The molecule has 3 aromatic carbocycles. The molecule has 0 aliphatic rings. The first-order chi connectivity index (χ1) is 14.9. The molecule has 0 bridgehead atoms. The minimum absolute atomic E-state index is 0.250. The number of carbonyl (C=O) groups excluding carboxylic acids is 2. The highest BCUT2D eigenvalue weighted by Crippen LogP contribution is 2.26. The van der Waals surface area contributed by atoms with E-state index < -0.39 is 5.90 Å². The number of hydrogen-bond acceptors (Lipinski definition) is 5. The Morgan fingerprint density at radius 1 is 0.871 bits per heavy atom. The van der Waals surface area contributed by atoms with Crippen molar-refractivity contribution in [1.29, 1.82) is 5.41 Å². The van der Waals surface area contributed by atoms with Gasteiger partial charge in [-0.1, -0.05) is 42.5 Å². The first-order valence-electron chi connectivity index (χ1n) is 9.69. The second-order valence-corrected chi connectivity index (χ2v) is 6.97. The van der Waals surface area contributed by atoms with Crippen molar-refractivity contribution in [1.82, 2.24) is 0 Å². The van der Waals surface area contributed by atoms with Crippen LogP contribution >= 0.6 is 0 Å². The first-order valence-corrected chi connectivity index (χ1v) is 9.69. The van der Waals surface area contributed by atoms with Crippen molar-refractivity contribution in [2.24, 2.45) is 7.05 Å². The van der Waals surface area contributed by atoms with Crippen molar-refractivity contribution in [3.63, 3.8) is 0 Å². The zero-order valence-electron chi connectivity index (χ0n) is 17.3. The van der Waals surface area contributed by atoms with E-state index in [0.29, 0.717) is 11.3 Å². The van der Waals surface area contributed by atoms with Crippen molar-refractivity contribution >= 4 is 39.5 Å². The molecule has 4 rings (SSSR count). The van der Waals surface area contributed by atoms with Crippen molar-refractivity contribution < 1.29 is 24.0 Å². The van der Waals surface area contributed by atoms with E-state index in [-0.39, 0.29) is 18.2 Å². The number of carbonyl (C=O) groups is 2. The van der Waals surface area contributed by atoms with Gasteiger partial charge in [0.25, 0.3) is 0 Å². The lowest BCUT2D eigenvalue weighted by molar-refractivity contribution is -0.617. The SMILES string of the molecule is CC(=O)CC(=N)[O-].C[n+]1c2ccccc2c(C(=O)Oc2ccccc2)c2ccccc21. The minimum atomic E-state index is -0.812. The average Bonchev–Trinajstić information content (AvgIpc) is 2.74. The third-order valence-corrected chi connectivity index (χ3v) is 4.64. The predicted octanol–water partition coefficient (Wildman–Crippen LogP) is 3.34. The van der Waals surface area contributed by atoms with E-state index in [9.17, 15) is 14.7 Å². The van der Waals surface area contributed by atoms with Gasteiger partial charge in [0.1, 0.15) is 18.6 Å². The molecule has 0 aliphatic carbocycles. The third kappa shape index (κ3) is 5.11. The number of aryl methyl sites for hydroxylation is 1. The number of pyridine rings is 1. The number of Topliss-reactive ketones (excluding diaryl/α,β-unsaturated/α-hetero) is 1. The van der Waals surface area contributed by atoms with Crippen LogP contribution in [0.1, 0.15) is 23.7 Å². The summed E-state index contributed by atoms with van der Waals surface area (Å²) in [5.74, 6) is -0.856. The summed E-state index contributed by atoms with van der Waals surface area (Å²) in [5, 5.41) is 17.7. The van der Waals surface area contributed by atoms with Gasteiger partial charge in [-0.2, -0.15) is 4.57 Å². The summed E-state index contributed by atoms with van der Waals surface area (Å²) in [5.41, 5.74) is 2.59. The zero-order valence-corrected chi connectivity index (χ0v) is 17.3. The maximum atomic E-state index is 12.9. The fraction of sp³-hybridized carbons (Fsp3) is 0.120. The Bertz CT molecular complexity index is 1200. The van der Waals surface area contributed by atoms with Gasteiger partial charge in [0.05, 0.1) is 16.3 Å². The van der Waals surface area contributed by atoms with Crippen LogP contribution in [0.25, 0.3) is 21.8 Å². The van der Waals surface area contributed by atoms with Crippen molar-refractivity contribution in [3.8, 4) is 5.75 Å². The number of rotatable bonds is 4. The van der Waals surface area contributed by atoms with Crippen LogP contribution in [0.5, 0.6) is 5.75 Å².